The van der Waals surface area contributed by atoms with Crippen LogP contribution in [0.5, 0.6) is 0 Å². The molecule has 1 fully saturated rings. The van der Waals surface area contributed by atoms with E-state index in [1.165, 1.54) is 11.8 Å². The molecule has 1 aliphatic heterocycles. The van der Waals surface area contributed by atoms with Crippen LogP contribution in [0.25, 0.3) is 0 Å². The molecule has 1 saturated heterocycles. The summed E-state index contributed by atoms with van der Waals surface area (Å²) >= 11 is 1.65. The summed E-state index contributed by atoms with van der Waals surface area (Å²) in [5, 5.41) is 17.9. The van der Waals surface area contributed by atoms with E-state index in [2.05, 4.69) is 26.5 Å². The molecular formula is C24H24F4N4O4S. The van der Waals surface area contributed by atoms with Crippen LogP contribution >= 0.6 is 11.3 Å². The van der Waals surface area contributed by atoms with Crippen LogP contribution in [0, 0.1) is 19.7 Å². The Bertz CT molecular complexity index is 1320. The van der Waals surface area contributed by atoms with Gasteiger partial charge in [-0.15, -0.1) is 0 Å². The van der Waals surface area contributed by atoms with Crippen LogP contribution in [0.15, 0.2) is 39.8 Å². The van der Waals surface area contributed by atoms with Crippen LogP contribution in [0.2, 0.25) is 0 Å². The lowest BCUT2D eigenvalue weighted by molar-refractivity contribution is -0.192. The summed E-state index contributed by atoms with van der Waals surface area (Å²) in [5.74, 6) is -3.57. The van der Waals surface area contributed by atoms with E-state index in [-0.39, 0.29) is 17.0 Å². The van der Waals surface area contributed by atoms with Crippen LogP contribution in [-0.4, -0.2) is 64.4 Å². The zero-order chi connectivity index (χ0) is 27.3. The molecule has 0 spiro atoms. The number of H-pyrrole nitrogens is 1. The topological polar surface area (TPSA) is 107 Å². The average Bonchev–Trinajstić information content (AvgIpc) is 3.40. The minimum absolute atomic E-state index is 0.0790. The number of anilines is 1. The van der Waals surface area contributed by atoms with Crippen molar-refractivity contribution in [1.29, 1.82) is 0 Å². The lowest BCUT2D eigenvalue weighted by Crippen LogP contribution is -2.48. The Morgan fingerprint density at radius 3 is 2.32 bits per heavy atom. The van der Waals surface area contributed by atoms with Crippen molar-refractivity contribution in [1.82, 2.24) is 15.1 Å². The van der Waals surface area contributed by atoms with Crippen molar-refractivity contribution in [2.24, 2.45) is 0 Å². The quantitative estimate of drug-likeness (QED) is 0.488. The molecule has 0 saturated carbocycles. The second kappa shape index (κ2) is 11.5. The Hall–Kier alpha value is -3.74. The van der Waals surface area contributed by atoms with Gasteiger partial charge in [-0.05, 0) is 48.6 Å². The van der Waals surface area contributed by atoms with Crippen molar-refractivity contribution in [3.05, 3.63) is 79.1 Å². The molecule has 0 bridgehead atoms. The first kappa shape index (κ1) is 27.8. The Kier molecular flexibility index (Phi) is 8.69. The third-order valence-corrected chi connectivity index (χ3v) is 6.61. The molecule has 2 N–H and O–H groups in total. The maximum Gasteiger partial charge on any atom is 0.490 e. The van der Waals surface area contributed by atoms with Gasteiger partial charge in [0.05, 0.1) is 11.3 Å². The number of alkyl halides is 3. The van der Waals surface area contributed by atoms with Crippen molar-refractivity contribution in [2.75, 3.05) is 31.1 Å². The van der Waals surface area contributed by atoms with E-state index in [1.54, 1.807) is 35.3 Å². The Morgan fingerprint density at radius 2 is 1.76 bits per heavy atom. The number of amides is 1. The van der Waals surface area contributed by atoms with Gasteiger partial charge in [-0.2, -0.15) is 29.6 Å². The highest BCUT2D eigenvalue weighted by Crippen LogP contribution is 2.22. The fourth-order valence-electron chi connectivity index (χ4n) is 3.66. The molecule has 0 aliphatic carbocycles. The number of nitrogens with one attached hydrogen (secondary N) is 1. The molecule has 2 aromatic heterocycles. The fraction of sp³-hybridized carbons (Fsp3) is 0.333. The molecule has 0 atom stereocenters. The molecule has 1 amide bonds. The van der Waals surface area contributed by atoms with Crippen molar-refractivity contribution in [3.63, 3.8) is 0 Å². The number of nitrogens with zero attached hydrogens (tertiary/aromatic N) is 3. The van der Waals surface area contributed by atoms with Gasteiger partial charge in [0.15, 0.2) is 0 Å². The lowest BCUT2D eigenvalue weighted by Gasteiger charge is -2.35. The molecule has 3 heterocycles. The smallest absolute Gasteiger partial charge is 0.475 e. The van der Waals surface area contributed by atoms with Crippen LogP contribution in [0.4, 0.5) is 23.2 Å². The normalized spacial score (nSPS) is 13.7. The van der Waals surface area contributed by atoms with E-state index < -0.39 is 18.0 Å². The number of rotatable bonds is 4. The largest absolute Gasteiger partial charge is 0.490 e. The monoisotopic (exact) mass is 540 g/mol. The van der Waals surface area contributed by atoms with Gasteiger partial charge >= 0.3 is 12.1 Å². The molecule has 4 rings (SSSR count). The summed E-state index contributed by atoms with van der Waals surface area (Å²) in [6, 6.07) is 6.66. The van der Waals surface area contributed by atoms with Crippen LogP contribution in [0.3, 0.4) is 0 Å². The number of piperazine rings is 1. The highest BCUT2D eigenvalue weighted by atomic mass is 32.1. The number of thiophene rings is 1. The number of carbonyl (C=O) groups is 2. The third-order valence-electron chi connectivity index (χ3n) is 5.94. The van der Waals surface area contributed by atoms with Gasteiger partial charge in [-0.1, -0.05) is 6.07 Å². The number of hydrogen-bond acceptors (Lipinski definition) is 6. The van der Waals surface area contributed by atoms with Crippen LogP contribution in [0.1, 0.15) is 32.7 Å². The number of carboxylic acids is 1. The maximum atomic E-state index is 14.5. The van der Waals surface area contributed by atoms with Gasteiger partial charge in [-0.3, -0.25) is 9.59 Å². The van der Waals surface area contributed by atoms with Gasteiger partial charge in [0.1, 0.15) is 5.82 Å². The summed E-state index contributed by atoms with van der Waals surface area (Å²) in [6.07, 6.45) is -4.67. The molecule has 1 aromatic carbocycles. The predicted octanol–water partition coefficient (Wildman–Crippen LogP) is 3.77. The Balaban J connectivity index is 0.000000479. The molecule has 37 heavy (non-hydrogen) atoms. The van der Waals surface area contributed by atoms with Gasteiger partial charge in [0, 0.05) is 49.2 Å². The molecule has 0 radical (unpaired) electrons. The molecular weight excluding hydrogens is 516 g/mol. The van der Waals surface area contributed by atoms with E-state index in [9.17, 15) is 27.2 Å². The van der Waals surface area contributed by atoms with Gasteiger partial charge in [-0.25, -0.2) is 14.3 Å². The Labute approximate surface area is 213 Å². The standard InChI is InChI=1S/C22H23FN4O2S.C2HF3O2/c1-14-15(2)21(28)25-24-20(14)12-16-3-4-19(23)18(11-16)22(29)27-8-6-26(7-9-27)17-5-10-30-13-17;3-2(4,5)1(6)7/h3-5,10-11,13H,6-9,12H2,1-2H3,(H,25,28);(H,6,7). The Morgan fingerprint density at radius 1 is 1.11 bits per heavy atom. The SMILES string of the molecule is Cc1c(Cc2ccc(F)c(C(=O)N3CCN(c4ccsc4)CC3)c2)n[nH]c(=O)c1C.O=C(O)C(F)(F)F. The first-order valence-electron chi connectivity index (χ1n) is 11.1. The first-order valence-corrected chi connectivity index (χ1v) is 12.0. The molecule has 0 unspecified atom stereocenters. The first-order chi connectivity index (χ1) is 17.4. The number of halogens is 4. The minimum atomic E-state index is -5.08. The zero-order valence-electron chi connectivity index (χ0n) is 19.9. The van der Waals surface area contributed by atoms with E-state index in [4.69, 9.17) is 9.90 Å². The number of benzene rings is 1. The summed E-state index contributed by atoms with van der Waals surface area (Å²) in [7, 11) is 0. The predicted molar refractivity (Wildman–Crippen MR) is 130 cm³/mol. The van der Waals surface area contributed by atoms with E-state index in [1.807, 2.05) is 12.3 Å². The van der Waals surface area contributed by atoms with E-state index >= 15 is 0 Å². The number of carbonyl (C=O) groups excluding carboxylic acids is 1. The number of aromatic nitrogens is 2. The van der Waals surface area contributed by atoms with Gasteiger partial charge in [0.25, 0.3) is 11.5 Å². The summed E-state index contributed by atoms with van der Waals surface area (Å²) in [6.45, 7) is 6.15. The van der Waals surface area contributed by atoms with E-state index in [0.29, 0.717) is 30.8 Å². The highest BCUT2D eigenvalue weighted by Gasteiger charge is 2.38. The van der Waals surface area contributed by atoms with Crippen molar-refractivity contribution in [2.45, 2.75) is 26.4 Å². The van der Waals surface area contributed by atoms with Gasteiger partial charge < -0.3 is 14.9 Å². The summed E-state index contributed by atoms with van der Waals surface area (Å²) in [5.41, 5.74) is 3.94. The highest BCUT2D eigenvalue weighted by molar-refractivity contribution is 7.08. The number of carboxylic acid groups (broad SMARTS) is 1. The molecule has 13 heteroatoms. The molecule has 3 aromatic rings. The van der Waals surface area contributed by atoms with Crippen molar-refractivity contribution >= 4 is 28.9 Å². The summed E-state index contributed by atoms with van der Waals surface area (Å²) < 4.78 is 46.2. The number of aliphatic carboxylic acids is 1. The molecule has 198 valence electrons. The lowest BCUT2D eigenvalue weighted by atomic mass is 10.0. The van der Waals surface area contributed by atoms with Crippen molar-refractivity contribution in [3.8, 4) is 0 Å². The van der Waals surface area contributed by atoms with Crippen molar-refractivity contribution < 1.29 is 32.3 Å². The fourth-order valence-corrected chi connectivity index (χ4v) is 4.32. The number of hydrogen-bond donors (Lipinski definition) is 2. The van der Waals surface area contributed by atoms with Crippen LogP contribution in [-0.2, 0) is 11.2 Å². The zero-order valence-corrected chi connectivity index (χ0v) is 20.7. The molecule has 8 nitrogen and oxygen atoms in total. The second-order valence-corrected chi connectivity index (χ2v) is 9.08. The summed E-state index contributed by atoms with van der Waals surface area (Å²) in [4.78, 5) is 37.5. The average molecular weight is 541 g/mol. The third kappa shape index (κ3) is 6.94. The molecule has 1 aliphatic rings. The van der Waals surface area contributed by atoms with Gasteiger partial charge in [0.2, 0.25) is 0 Å². The number of aromatic amines is 1. The van der Waals surface area contributed by atoms with E-state index in [0.717, 1.165) is 24.2 Å². The maximum absolute atomic E-state index is 14.5. The van der Waals surface area contributed by atoms with Crippen LogP contribution < -0.4 is 10.5 Å². The second-order valence-electron chi connectivity index (χ2n) is 8.30. The minimum Gasteiger partial charge on any atom is -0.475 e.